The summed E-state index contributed by atoms with van der Waals surface area (Å²) in [6.07, 6.45) is 6.83. The van der Waals surface area contributed by atoms with Gasteiger partial charge >= 0.3 is 0 Å². The second-order valence-electron chi connectivity index (χ2n) is 8.51. The molecule has 3 aromatic heterocycles. The molecule has 11 heteroatoms. The van der Waals surface area contributed by atoms with Gasteiger partial charge in [0.25, 0.3) is 5.56 Å². The van der Waals surface area contributed by atoms with Crippen molar-refractivity contribution in [2.24, 2.45) is 12.5 Å². The summed E-state index contributed by atoms with van der Waals surface area (Å²) in [5.41, 5.74) is 0.678. The number of tetrazole rings is 1. The van der Waals surface area contributed by atoms with Gasteiger partial charge in [-0.3, -0.25) is 14.5 Å². The van der Waals surface area contributed by atoms with Crippen molar-refractivity contribution in [3.8, 4) is 5.82 Å². The molecular formula is C21H25N9O2. The number of aryl methyl sites for hydroxylation is 1. The smallest absolute Gasteiger partial charge is 0.266 e. The topological polar surface area (TPSA) is 115 Å². The summed E-state index contributed by atoms with van der Waals surface area (Å²) in [6, 6.07) is 7.07. The number of hydrogen-bond acceptors (Lipinski definition) is 8. The number of rotatable bonds is 5. The Morgan fingerprint density at radius 3 is 2.47 bits per heavy atom. The van der Waals surface area contributed by atoms with Gasteiger partial charge in [0.15, 0.2) is 11.6 Å². The Kier molecular flexibility index (Phi) is 5.25. The summed E-state index contributed by atoms with van der Waals surface area (Å²) in [5.74, 6) is 1.40. The van der Waals surface area contributed by atoms with Crippen molar-refractivity contribution in [3.05, 3.63) is 52.7 Å². The maximum Gasteiger partial charge on any atom is 0.266 e. The quantitative estimate of drug-likeness (QED) is 0.559. The van der Waals surface area contributed by atoms with Crippen LogP contribution < -0.4 is 10.5 Å². The molecule has 166 valence electrons. The summed E-state index contributed by atoms with van der Waals surface area (Å²) in [4.78, 5) is 33.4. The van der Waals surface area contributed by atoms with Crippen molar-refractivity contribution in [1.29, 1.82) is 0 Å². The van der Waals surface area contributed by atoms with Gasteiger partial charge in [-0.05, 0) is 66.9 Å². The molecule has 2 aliphatic rings. The van der Waals surface area contributed by atoms with Gasteiger partial charge in [0.05, 0.1) is 5.41 Å². The summed E-state index contributed by atoms with van der Waals surface area (Å²) in [7, 11) is 1.61. The van der Waals surface area contributed by atoms with E-state index in [0.29, 0.717) is 18.2 Å². The Morgan fingerprint density at radius 2 is 1.78 bits per heavy atom. The summed E-state index contributed by atoms with van der Waals surface area (Å²) in [5, 5.41) is 15.4. The van der Waals surface area contributed by atoms with Gasteiger partial charge in [-0.15, -0.1) is 5.10 Å². The summed E-state index contributed by atoms with van der Waals surface area (Å²) >= 11 is 0. The summed E-state index contributed by atoms with van der Waals surface area (Å²) < 4.78 is 2.81. The highest BCUT2D eigenvalue weighted by molar-refractivity contribution is 5.99. The molecule has 0 saturated carbocycles. The number of nitrogens with zero attached hydrogens (tertiary/aromatic N) is 9. The number of anilines is 1. The largest absolute Gasteiger partial charge is 0.303 e. The number of likely N-dealkylation sites (tertiary alicyclic amines) is 1. The van der Waals surface area contributed by atoms with Crippen LogP contribution in [0, 0.1) is 5.41 Å². The first kappa shape index (κ1) is 20.4. The van der Waals surface area contributed by atoms with Gasteiger partial charge in [0, 0.05) is 32.4 Å². The van der Waals surface area contributed by atoms with Crippen LogP contribution in [0.5, 0.6) is 0 Å². The van der Waals surface area contributed by atoms with Crippen molar-refractivity contribution < 1.29 is 4.79 Å². The van der Waals surface area contributed by atoms with Gasteiger partial charge in [-0.1, -0.05) is 6.07 Å². The van der Waals surface area contributed by atoms with Crippen molar-refractivity contribution in [3.63, 3.8) is 0 Å². The Bertz CT molecular complexity index is 1150. The maximum absolute atomic E-state index is 13.3. The standard InChI is InChI=1S/C21H25N9O2/c1-27-19(31)5-4-18(24-27)29-13-9-21(20(29)32)7-11-28(12-8-21)10-6-16-2-3-17(22-14-16)30-15-23-25-26-30/h2-5,14-15H,6-13H2,1H3. The molecule has 11 nitrogen and oxygen atoms in total. The van der Waals surface area contributed by atoms with Gasteiger partial charge in [0.2, 0.25) is 5.91 Å². The summed E-state index contributed by atoms with van der Waals surface area (Å²) in [6.45, 7) is 3.39. The van der Waals surface area contributed by atoms with E-state index in [1.807, 2.05) is 18.3 Å². The van der Waals surface area contributed by atoms with E-state index in [9.17, 15) is 9.59 Å². The normalized spacial score (nSPS) is 18.5. The average molecular weight is 435 g/mol. The number of aromatic nitrogens is 7. The molecular weight excluding hydrogens is 410 g/mol. The number of piperidine rings is 1. The number of carbonyl (C=O) groups excluding carboxylic acids is 1. The SMILES string of the molecule is Cn1nc(N2CCC3(CCN(CCc4ccc(-n5cnnn5)nc4)CC3)C2=O)ccc1=O. The lowest BCUT2D eigenvalue weighted by molar-refractivity contribution is -0.128. The van der Waals surface area contributed by atoms with E-state index in [0.717, 1.165) is 50.9 Å². The van der Waals surface area contributed by atoms with Crippen LogP contribution >= 0.6 is 0 Å². The Morgan fingerprint density at radius 1 is 1.00 bits per heavy atom. The number of amides is 1. The van der Waals surface area contributed by atoms with Gasteiger partial charge in [-0.25, -0.2) is 9.67 Å². The van der Waals surface area contributed by atoms with E-state index in [4.69, 9.17) is 0 Å². The molecule has 1 spiro atoms. The molecule has 0 radical (unpaired) electrons. The lowest BCUT2D eigenvalue weighted by Crippen LogP contribution is -2.45. The number of pyridine rings is 1. The van der Waals surface area contributed by atoms with E-state index in [-0.39, 0.29) is 16.9 Å². The Balaban J connectivity index is 1.16. The van der Waals surface area contributed by atoms with Crippen LogP contribution in [0.1, 0.15) is 24.8 Å². The zero-order chi connectivity index (χ0) is 22.1. The van der Waals surface area contributed by atoms with Crippen LogP contribution in [-0.4, -0.2) is 72.0 Å². The minimum Gasteiger partial charge on any atom is -0.303 e. The second-order valence-corrected chi connectivity index (χ2v) is 8.51. The minimum absolute atomic E-state index is 0.144. The van der Waals surface area contributed by atoms with Crippen LogP contribution in [0.4, 0.5) is 5.82 Å². The fraction of sp³-hybridized carbons (Fsp3) is 0.476. The Labute approximate surface area is 184 Å². The highest BCUT2D eigenvalue weighted by Gasteiger charge is 2.48. The van der Waals surface area contributed by atoms with Crippen LogP contribution in [0.2, 0.25) is 0 Å². The van der Waals surface area contributed by atoms with Crippen LogP contribution in [0.3, 0.4) is 0 Å². The third-order valence-electron chi connectivity index (χ3n) is 6.66. The highest BCUT2D eigenvalue weighted by Crippen LogP contribution is 2.42. The van der Waals surface area contributed by atoms with Gasteiger partial charge in [0.1, 0.15) is 6.33 Å². The minimum atomic E-state index is -0.304. The van der Waals surface area contributed by atoms with Gasteiger partial charge in [-0.2, -0.15) is 9.78 Å². The monoisotopic (exact) mass is 435 g/mol. The van der Waals surface area contributed by atoms with E-state index >= 15 is 0 Å². The molecule has 32 heavy (non-hydrogen) atoms. The van der Waals surface area contributed by atoms with Gasteiger partial charge < -0.3 is 4.90 Å². The molecule has 1 amide bonds. The van der Waals surface area contributed by atoms with E-state index in [1.165, 1.54) is 21.8 Å². The van der Waals surface area contributed by atoms with E-state index < -0.39 is 0 Å². The second kappa shape index (κ2) is 8.23. The first-order valence-electron chi connectivity index (χ1n) is 10.8. The third kappa shape index (κ3) is 3.79. The molecule has 0 unspecified atom stereocenters. The number of hydrogen-bond donors (Lipinski definition) is 0. The highest BCUT2D eigenvalue weighted by atomic mass is 16.2. The molecule has 5 heterocycles. The zero-order valence-electron chi connectivity index (χ0n) is 18.0. The predicted molar refractivity (Wildman–Crippen MR) is 115 cm³/mol. The van der Waals surface area contributed by atoms with Crippen molar-refractivity contribution in [2.45, 2.75) is 25.7 Å². The fourth-order valence-electron chi connectivity index (χ4n) is 4.60. The van der Waals surface area contributed by atoms with Crippen molar-refractivity contribution in [1.82, 2.24) is 39.9 Å². The van der Waals surface area contributed by atoms with Crippen LogP contribution in [0.25, 0.3) is 5.82 Å². The molecule has 2 fully saturated rings. The predicted octanol–water partition coefficient (Wildman–Crippen LogP) is 0.213. The number of carbonyl (C=O) groups is 1. The van der Waals surface area contributed by atoms with Crippen LogP contribution in [-0.2, 0) is 18.3 Å². The molecule has 0 atom stereocenters. The van der Waals surface area contributed by atoms with Crippen molar-refractivity contribution in [2.75, 3.05) is 31.1 Å². The molecule has 0 aliphatic carbocycles. The maximum atomic E-state index is 13.3. The third-order valence-corrected chi connectivity index (χ3v) is 6.66. The average Bonchev–Trinajstić information content (AvgIpc) is 3.46. The molecule has 0 aromatic carbocycles. The van der Waals surface area contributed by atoms with E-state index in [1.54, 1.807) is 18.0 Å². The zero-order valence-corrected chi connectivity index (χ0v) is 18.0. The molecule has 2 aliphatic heterocycles. The lowest BCUT2D eigenvalue weighted by Gasteiger charge is -2.37. The molecule has 0 N–H and O–H groups in total. The molecule has 5 rings (SSSR count). The van der Waals surface area contributed by atoms with Crippen LogP contribution in [0.15, 0.2) is 41.6 Å². The first-order valence-corrected chi connectivity index (χ1v) is 10.8. The first-order chi connectivity index (χ1) is 15.5. The Hall–Kier alpha value is -3.47. The molecule has 3 aromatic rings. The lowest BCUT2D eigenvalue weighted by atomic mass is 9.77. The fourth-order valence-corrected chi connectivity index (χ4v) is 4.60. The molecule has 0 bridgehead atoms. The van der Waals surface area contributed by atoms with Crippen molar-refractivity contribution >= 4 is 11.7 Å². The molecule has 2 saturated heterocycles. The van der Waals surface area contributed by atoms with E-state index in [2.05, 4.69) is 30.5 Å².